The highest BCUT2D eigenvalue weighted by atomic mass is 19.2. The Bertz CT molecular complexity index is 353. The fourth-order valence-electron chi connectivity index (χ4n) is 1.40. The SMILES string of the molecule is CCN(c1nc(F)c(F)cc1F)C(C)C. The van der Waals surface area contributed by atoms with Gasteiger partial charge in [-0.05, 0) is 20.8 Å². The quantitative estimate of drug-likeness (QED) is 0.725. The van der Waals surface area contributed by atoms with Crippen molar-refractivity contribution in [2.24, 2.45) is 0 Å². The first kappa shape index (κ1) is 11.8. The molecule has 0 fully saturated rings. The van der Waals surface area contributed by atoms with Crippen LogP contribution in [0.15, 0.2) is 6.07 Å². The van der Waals surface area contributed by atoms with Gasteiger partial charge in [-0.15, -0.1) is 0 Å². The van der Waals surface area contributed by atoms with Gasteiger partial charge in [0.2, 0.25) is 0 Å². The van der Waals surface area contributed by atoms with Crippen molar-refractivity contribution in [1.29, 1.82) is 0 Å². The lowest BCUT2D eigenvalue weighted by Crippen LogP contribution is -2.32. The van der Waals surface area contributed by atoms with E-state index in [9.17, 15) is 13.2 Å². The first-order valence-electron chi connectivity index (χ1n) is 4.75. The topological polar surface area (TPSA) is 16.1 Å². The minimum atomic E-state index is -1.27. The third kappa shape index (κ3) is 2.40. The lowest BCUT2D eigenvalue weighted by Gasteiger charge is -2.26. The molecule has 1 aromatic heterocycles. The van der Waals surface area contributed by atoms with Gasteiger partial charge < -0.3 is 4.90 Å². The predicted octanol–water partition coefficient (Wildman–Crippen LogP) is 2.73. The minimum absolute atomic E-state index is 0.0261. The number of hydrogen-bond donors (Lipinski definition) is 0. The lowest BCUT2D eigenvalue weighted by atomic mass is 10.3. The molecule has 0 saturated carbocycles. The van der Waals surface area contributed by atoms with Crippen molar-refractivity contribution in [2.75, 3.05) is 11.4 Å². The van der Waals surface area contributed by atoms with Crippen molar-refractivity contribution in [1.82, 2.24) is 4.98 Å². The first-order chi connectivity index (χ1) is 6.97. The average Bonchev–Trinajstić information content (AvgIpc) is 2.14. The Labute approximate surface area is 86.7 Å². The van der Waals surface area contributed by atoms with Crippen molar-refractivity contribution in [3.8, 4) is 0 Å². The van der Waals surface area contributed by atoms with Crippen molar-refractivity contribution in [3.63, 3.8) is 0 Å². The predicted molar refractivity (Wildman–Crippen MR) is 52.3 cm³/mol. The molecule has 1 rings (SSSR count). The summed E-state index contributed by atoms with van der Waals surface area (Å²) in [5.74, 6) is -3.53. The second-order valence-corrected chi connectivity index (χ2v) is 3.45. The summed E-state index contributed by atoms with van der Waals surface area (Å²) < 4.78 is 38.8. The standard InChI is InChI=1S/C10H13F3N2/c1-4-15(6(2)3)10-8(12)5-7(11)9(13)14-10/h5-6H,4H2,1-3H3. The van der Waals surface area contributed by atoms with Gasteiger partial charge in [-0.2, -0.15) is 9.37 Å². The molecular formula is C10H13F3N2. The summed E-state index contributed by atoms with van der Waals surface area (Å²) in [5, 5.41) is 0. The average molecular weight is 218 g/mol. The van der Waals surface area contributed by atoms with Gasteiger partial charge >= 0.3 is 0 Å². The van der Waals surface area contributed by atoms with Crippen LogP contribution >= 0.6 is 0 Å². The van der Waals surface area contributed by atoms with E-state index in [0.29, 0.717) is 12.6 Å². The Morgan fingerprint density at radius 3 is 2.33 bits per heavy atom. The Hall–Kier alpha value is -1.26. The van der Waals surface area contributed by atoms with Crippen molar-refractivity contribution < 1.29 is 13.2 Å². The summed E-state index contributed by atoms with van der Waals surface area (Å²) in [6.45, 7) is 5.92. The van der Waals surface area contributed by atoms with Gasteiger partial charge in [-0.25, -0.2) is 8.78 Å². The molecule has 0 aliphatic rings. The molecule has 1 heterocycles. The van der Waals surface area contributed by atoms with Crippen molar-refractivity contribution in [2.45, 2.75) is 26.8 Å². The molecule has 84 valence electrons. The third-order valence-corrected chi connectivity index (χ3v) is 2.10. The minimum Gasteiger partial charge on any atom is -0.352 e. The summed E-state index contributed by atoms with van der Waals surface area (Å²) >= 11 is 0. The van der Waals surface area contributed by atoms with E-state index >= 15 is 0 Å². The molecular weight excluding hydrogens is 205 g/mol. The van der Waals surface area contributed by atoms with Gasteiger partial charge in [0.1, 0.15) is 0 Å². The first-order valence-corrected chi connectivity index (χ1v) is 4.75. The molecule has 0 aliphatic carbocycles. The number of halogens is 3. The maximum absolute atomic E-state index is 13.3. The van der Waals surface area contributed by atoms with Crippen LogP contribution in [0, 0.1) is 17.6 Å². The number of hydrogen-bond acceptors (Lipinski definition) is 2. The highest BCUT2D eigenvalue weighted by Crippen LogP contribution is 2.20. The van der Waals surface area contributed by atoms with Crippen molar-refractivity contribution >= 4 is 5.82 Å². The van der Waals surface area contributed by atoms with Gasteiger partial charge in [0, 0.05) is 18.7 Å². The largest absolute Gasteiger partial charge is 0.352 e. The van der Waals surface area contributed by atoms with Crippen LogP contribution in [0.1, 0.15) is 20.8 Å². The monoisotopic (exact) mass is 218 g/mol. The zero-order chi connectivity index (χ0) is 11.6. The Morgan fingerprint density at radius 1 is 1.27 bits per heavy atom. The van der Waals surface area contributed by atoms with E-state index in [4.69, 9.17) is 0 Å². The zero-order valence-corrected chi connectivity index (χ0v) is 8.89. The van der Waals surface area contributed by atoms with Crippen LogP contribution in [-0.2, 0) is 0 Å². The fraction of sp³-hybridized carbons (Fsp3) is 0.500. The van der Waals surface area contributed by atoms with E-state index in [1.54, 1.807) is 11.8 Å². The molecule has 0 aliphatic heterocycles. The second kappa shape index (κ2) is 4.51. The van der Waals surface area contributed by atoms with Crippen LogP contribution in [0.25, 0.3) is 0 Å². The van der Waals surface area contributed by atoms with E-state index in [-0.39, 0.29) is 11.9 Å². The summed E-state index contributed by atoms with van der Waals surface area (Å²) in [4.78, 5) is 4.83. The number of nitrogens with zero attached hydrogens (tertiary/aromatic N) is 2. The highest BCUT2D eigenvalue weighted by molar-refractivity contribution is 5.40. The zero-order valence-electron chi connectivity index (χ0n) is 8.89. The maximum Gasteiger partial charge on any atom is 0.251 e. The Balaban J connectivity index is 3.18. The number of aromatic nitrogens is 1. The van der Waals surface area contributed by atoms with E-state index in [1.807, 2.05) is 13.8 Å². The molecule has 0 amide bonds. The summed E-state index contributed by atoms with van der Waals surface area (Å²) in [5.41, 5.74) is 0. The van der Waals surface area contributed by atoms with Crippen LogP contribution in [-0.4, -0.2) is 17.6 Å². The van der Waals surface area contributed by atoms with Gasteiger partial charge in [-0.3, -0.25) is 0 Å². The smallest absolute Gasteiger partial charge is 0.251 e. The van der Waals surface area contributed by atoms with E-state index in [0.717, 1.165) is 0 Å². The molecule has 0 radical (unpaired) electrons. The van der Waals surface area contributed by atoms with E-state index in [2.05, 4.69) is 4.98 Å². The Morgan fingerprint density at radius 2 is 1.87 bits per heavy atom. The van der Waals surface area contributed by atoms with Crippen LogP contribution in [0.3, 0.4) is 0 Å². The summed E-state index contributed by atoms with van der Waals surface area (Å²) in [6.07, 6.45) is 0. The Kier molecular flexibility index (Phi) is 3.55. The number of rotatable bonds is 3. The van der Waals surface area contributed by atoms with Crippen LogP contribution in [0.2, 0.25) is 0 Å². The van der Waals surface area contributed by atoms with Gasteiger partial charge in [0.25, 0.3) is 5.95 Å². The second-order valence-electron chi connectivity index (χ2n) is 3.45. The maximum atomic E-state index is 13.3. The van der Waals surface area contributed by atoms with E-state index < -0.39 is 17.6 Å². The molecule has 5 heteroatoms. The van der Waals surface area contributed by atoms with Crippen LogP contribution in [0.5, 0.6) is 0 Å². The number of anilines is 1. The van der Waals surface area contributed by atoms with Crippen molar-refractivity contribution in [3.05, 3.63) is 23.6 Å². The van der Waals surface area contributed by atoms with E-state index in [1.165, 1.54) is 0 Å². The molecule has 2 nitrogen and oxygen atoms in total. The molecule has 0 unspecified atom stereocenters. The molecule has 0 N–H and O–H groups in total. The third-order valence-electron chi connectivity index (χ3n) is 2.10. The molecule has 1 aromatic rings. The molecule has 0 bridgehead atoms. The molecule has 0 saturated heterocycles. The van der Waals surface area contributed by atoms with Crippen LogP contribution < -0.4 is 4.90 Å². The molecule has 0 spiro atoms. The van der Waals surface area contributed by atoms with Gasteiger partial charge in [0.15, 0.2) is 17.5 Å². The lowest BCUT2D eigenvalue weighted by molar-refractivity contribution is 0.461. The summed E-state index contributed by atoms with van der Waals surface area (Å²) in [6, 6.07) is 0.491. The number of pyridine rings is 1. The molecule has 0 atom stereocenters. The van der Waals surface area contributed by atoms with Crippen LogP contribution in [0.4, 0.5) is 19.0 Å². The normalized spacial score (nSPS) is 10.9. The van der Waals surface area contributed by atoms with Gasteiger partial charge in [0.05, 0.1) is 0 Å². The summed E-state index contributed by atoms with van der Waals surface area (Å²) in [7, 11) is 0. The molecule has 0 aromatic carbocycles. The van der Waals surface area contributed by atoms with Gasteiger partial charge in [-0.1, -0.05) is 0 Å². The fourth-order valence-corrected chi connectivity index (χ4v) is 1.40. The molecule has 15 heavy (non-hydrogen) atoms. The highest BCUT2D eigenvalue weighted by Gasteiger charge is 2.18.